The monoisotopic (exact) mass is 342 g/mol. The Morgan fingerprint density at radius 3 is 2.46 bits per heavy atom. The van der Waals surface area contributed by atoms with E-state index in [1.165, 1.54) is 11.0 Å². The lowest BCUT2D eigenvalue weighted by Crippen LogP contribution is -2.45. The zero-order valence-electron chi connectivity index (χ0n) is 14.7. The Balaban J connectivity index is 2.88. The van der Waals surface area contributed by atoms with Crippen molar-refractivity contribution in [1.82, 2.24) is 9.80 Å². The second-order valence-electron chi connectivity index (χ2n) is 6.53. The number of carbonyl (C=O) groups is 3. The molecule has 24 heavy (non-hydrogen) atoms. The molecule has 8 nitrogen and oxygen atoms in total. The van der Waals surface area contributed by atoms with Gasteiger partial charge in [-0.05, 0) is 27.7 Å². The maximum atomic E-state index is 12.3. The maximum absolute atomic E-state index is 12.3. The lowest BCUT2D eigenvalue weighted by Gasteiger charge is -2.30. The lowest BCUT2D eigenvalue weighted by atomic mass is 10.1. The molecule has 0 aliphatic carbocycles. The Morgan fingerprint density at radius 1 is 1.38 bits per heavy atom. The molecule has 0 aromatic heterocycles. The van der Waals surface area contributed by atoms with Crippen molar-refractivity contribution in [3.8, 4) is 0 Å². The van der Waals surface area contributed by atoms with E-state index in [2.05, 4.69) is 6.58 Å². The van der Waals surface area contributed by atoms with Gasteiger partial charge in [0.2, 0.25) is 0 Å². The van der Waals surface area contributed by atoms with Crippen molar-refractivity contribution >= 4 is 18.2 Å². The van der Waals surface area contributed by atoms with E-state index in [0.29, 0.717) is 6.54 Å². The predicted molar refractivity (Wildman–Crippen MR) is 86.7 cm³/mol. The largest absolute Gasteiger partial charge is 0.480 e. The zero-order chi connectivity index (χ0) is 18.5. The fraction of sp³-hybridized carbons (Fsp3) is 0.688. The molecular weight excluding hydrogens is 316 g/mol. The highest BCUT2D eigenvalue weighted by molar-refractivity contribution is 5.81. The first-order valence-electron chi connectivity index (χ1n) is 7.87. The van der Waals surface area contributed by atoms with Crippen LogP contribution in [0.5, 0.6) is 0 Å². The van der Waals surface area contributed by atoms with Crippen molar-refractivity contribution < 1.29 is 29.0 Å². The SMILES string of the molecule is C=CCOC(=O)N1CC(N(CC)C(=O)OC(C)(C)C)CC1C(=O)O. The minimum absolute atomic E-state index is 0.00407. The molecule has 1 aliphatic rings. The molecule has 1 fully saturated rings. The molecule has 0 radical (unpaired) electrons. The Morgan fingerprint density at radius 2 is 2.00 bits per heavy atom. The molecule has 136 valence electrons. The topological polar surface area (TPSA) is 96.4 Å². The van der Waals surface area contributed by atoms with Gasteiger partial charge >= 0.3 is 18.2 Å². The van der Waals surface area contributed by atoms with Gasteiger partial charge in [0.25, 0.3) is 0 Å². The molecular formula is C16H26N2O6. The molecule has 0 aromatic rings. The number of likely N-dealkylation sites (N-methyl/N-ethyl adjacent to an activating group) is 1. The van der Waals surface area contributed by atoms with Crippen LogP contribution < -0.4 is 0 Å². The number of carboxylic acid groups (broad SMARTS) is 1. The fourth-order valence-corrected chi connectivity index (χ4v) is 2.55. The first kappa shape index (κ1) is 19.8. The van der Waals surface area contributed by atoms with Crippen LogP contribution in [0.25, 0.3) is 0 Å². The van der Waals surface area contributed by atoms with E-state index in [1.807, 2.05) is 0 Å². The molecule has 1 aliphatic heterocycles. The zero-order valence-corrected chi connectivity index (χ0v) is 14.7. The minimum atomic E-state index is -1.13. The number of carboxylic acids is 1. The summed E-state index contributed by atoms with van der Waals surface area (Å²) in [5, 5.41) is 9.35. The number of hydrogen-bond acceptors (Lipinski definition) is 5. The van der Waals surface area contributed by atoms with E-state index >= 15 is 0 Å². The molecule has 2 amide bonds. The van der Waals surface area contributed by atoms with Crippen LogP contribution in [0.15, 0.2) is 12.7 Å². The second kappa shape index (κ2) is 8.03. The highest BCUT2D eigenvalue weighted by atomic mass is 16.6. The van der Waals surface area contributed by atoms with Crippen molar-refractivity contribution in [3.63, 3.8) is 0 Å². The minimum Gasteiger partial charge on any atom is -0.480 e. The van der Waals surface area contributed by atoms with Gasteiger partial charge in [0.05, 0.1) is 6.04 Å². The fourth-order valence-electron chi connectivity index (χ4n) is 2.55. The van der Waals surface area contributed by atoms with Gasteiger partial charge in [-0.1, -0.05) is 12.7 Å². The van der Waals surface area contributed by atoms with Gasteiger partial charge in [-0.2, -0.15) is 0 Å². The van der Waals surface area contributed by atoms with Crippen LogP contribution in [0.1, 0.15) is 34.1 Å². The summed E-state index contributed by atoms with van der Waals surface area (Å²) < 4.78 is 10.3. The van der Waals surface area contributed by atoms with Crippen molar-refractivity contribution in [3.05, 3.63) is 12.7 Å². The third-order valence-corrected chi connectivity index (χ3v) is 3.53. The van der Waals surface area contributed by atoms with Gasteiger partial charge in [-0.25, -0.2) is 14.4 Å². The summed E-state index contributed by atoms with van der Waals surface area (Å²) in [4.78, 5) is 38.4. The number of ether oxygens (including phenoxy) is 2. The summed E-state index contributed by atoms with van der Waals surface area (Å²) in [7, 11) is 0. The van der Waals surface area contributed by atoms with Gasteiger partial charge in [0.1, 0.15) is 18.2 Å². The molecule has 1 N–H and O–H groups in total. The predicted octanol–water partition coefficient (Wildman–Crippen LogP) is 2.09. The number of amides is 2. The van der Waals surface area contributed by atoms with E-state index in [1.54, 1.807) is 27.7 Å². The third-order valence-electron chi connectivity index (χ3n) is 3.53. The molecule has 0 spiro atoms. The molecule has 2 atom stereocenters. The van der Waals surface area contributed by atoms with Crippen LogP contribution >= 0.6 is 0 Å². The Hall–Kier alpha value is -2.25. The molecule has 2 unspecified atom stereocenters. The summed E-state index contributed by atoms with van der Waals surface area (Å²) in [6.45, 7) is 10.9. The number of nitrogens with zero attached hydrogens (tertiary/aromatic N) is 2. The highest BCUT2D eigenvalue weighted by Crippen LogP contribution is 2.25. The lowest BCUT2D eigenvalue weighted by molar-refractivity contribution is -0.141. The summed E-state index contributed by atoms with van der Waals surface area (Å²) in [5.41, 5.74) is -0.655. The maximum Gasteiger partial charge on any atom is 0.410 e. The van der Waals surface area contributed by atoms with Crippen LogP contribution in [-0.4, -0.2) is 70.4 Å². The molecule has 0 bridgehead atoms. The summed E-state index contributed by atoms with van der Waals surface area (Å²) in [5.74, 6) is -1.13. The van der Waals surface area contributed by atoms with Crippen LogP contribution in [0, 0.1) is 0 Å². The first-order chi connectivity index (χ1) is 11.1. The average molecular weight is 342 g/mol. The van der Waals surface area contributed by atoms with Gasteiger partial charge in [-0.15, -0.1) is 0 Å². The van der Waals surface area contributed by atoms with Crippen LogP contribution in [0.4, 0.5) is 9.59 Å². The van der Waals surface area contributed by atoms with E-state index in [0.717, 1.165) is 4.90 Å². The number of carbonyl (C=O) groups excluding carboxylic acids is 2. The summed E-state index contributed by atoms with van der Waals surface area (Å²) >= 11 is 0. The van der Waals surface area contributed by atoms with E-state index < -0.39 is 35.8 Å². The van der Waals surface area contributed by atoms with Gasteiger partial charge in [-0.3, -0.25) is 4.90 Å². The van der Waals surface area contributed by atoms with Gasteiger partial charge in [0.15, 0.2) is 0 Å². The smallest absolute Gasteiger partial charge is 0.410 e. The molecule has 1 heterocycles. The van der Waals surface area contributed by atoms with Crippen LogP contribution in [0.2, 0.25) is 0 Å². The Labute approximate surface area is 142 Å². The highest BCUT2D eigenvalue weighted by Gasteiger charge is 2.44. The van der Waals surface area contributed by atoms with Crippen molar-refractivity contribution in [1.29, 1.82) is 0 Å². The molecule has 0 aromatic carbocycles. The molecule has 1 rings (SSSR count). The third kappa shape index (κ3) is 5.14. The van der Waals surface area contributed by atoms with E-state index in [4.69, 9.17) is 9.47 Å². The summed E-state index contributed by atoms with van der Waals surface area (Å²) in [6, 6.07) is -1.48. The first-order valence-corrected chi connectivity index (χ1v) is 7.87. The van der Waals surface area contributed by atoms with E-state index in [9.17, 15) is 19.5 Å². The number of hydrogen-bond donors (Lipinski definition) is 1. The molecule has 1 saturated heterocycles. The van der Waals surface area contributed by atoms with Gasteiger partial charge in [0, 0.05) is 19.5 Å². The normalized spacial score (nSPS) is 20.4. The number of likely N-dealkylation sites (tertiary alicyclic amines) is 1. The Bertz CT molecular complexity index is 499. The van der Waals surface area contributed by atoms with Crippen LogP contribution in [0.3, 0.4) is 0 Å². The standard InChI is InChI=1S/C16H26N2O6/c1-6-8-23-14(21)18-10-11(9-12(18)13(19)20)17(7-2)15(22)24-16(3,4)5/h6,11-12H,1,7-10H2,2-5H3,(H,19,20). The second-order valence-corrected chi connectivity index (χ2v) is 6.53. The van der Waals surface area contributed by atoms with Crippen molar-refractivity contribution in [2.45, 2.75) is 51.8 Å². The van der Waals surface area contributed by atoms with E-state index in [-0.39, 0.29) is 19.6 Å². The van der Waals surface area contributed by atoms with Gasteiger partial charge < -0.3 is 19.5 Å². The van der Waals surface area contributed by atoms with Crippen molar-refractivity contribution in [2.75, 3.05) is 19.7 Å². The number of aliphatic carboxylic acids is 1. The van der Waals surface area contributed by atoms with Crippen LogP contribution in [-0.2, 0) is 14.3 Å². The molecule has 0 saturated carbocycles. The Kier molecular flexibility index (Phi) is 6.62. The average Bonchev–Trinajstić information content (AvgIpc) is 2.88. The number of rotatable bonds is 5. The summed E-state index contributed by atoms with van der Waals surface area (Å²) in [6.07, 6.45) is 0.275. The molecule has 8 heteroatoms. The van der Waals surface area contributed by atoms with Crippen molar-refractivity contribution in [2.24, 2.45) is 0 Å². The quantitative estimate of drug-likeness (QED) is 0.769.